The maximum atomic E-state index is 11.5. The zero-order valence-corrected chi connectivity index (χ0v) is 10.4. The quantitative estimate of drug-likeness (QED) is 0.729. The second-order valence-electron chi connectivity index (χ2n) is 3.42. The molecule has 0 spiro atoms. The van der Waals surface area contributed by atoms with Crippen LogP contribution in [0.4, 0.5) is 0 Å². The molecular formula is C11H15NO4S. The summed E-state index contributed by atoms with van der Waals surface area (Å²) in [7, 11) is 0. The van der Waals surface area contributed by atoms with Crippen molar-refractivity contribution in [2.24, 2.45) is 0 Å². The third-order valence-corrected chi connectivity index (χ3v) is 2.80. The maximum absolute atomic E-state index is 11.5. The van der Waals surface area contributed by atoms with E-state index >= 15 is 0 Å². The van der Waals surface area contributed by atoms with Crippen molar-refractivity contribution in [3.05, 3.63) is 23.7 Å². The first-order chi connectivity index (χ1) is 8.15. The van der Waals surface area contributed by atoms with Crippen molar-refractivity contribution in [2.75, 3.05) is 18.6 Å². The first-order valence-electron chi connectivity index (χ1n) is 5.25. The number of hydrogen-bond donors (Lipinski definition) is 2. The van der Waals surface area contributed by atoms with Crippen LogP contribution in [0.5, 0.6) is 0 Å². The van der Waals surface area contributed by atoms with Crippen LogP contribution in [0, 0.1) is 0 Å². The second-order valence-corrected chi connectivity index (χ2v) is 4.41. The zero-order valence-electron chi connectivity index (χ0n) is 9.56. The molecule has 17 heavy (non-hydrogen) atoms. The van der Waals surface area contributed by atoms with Gasteiger partial charge in [-0.25, -0.2) is 4.79 Å². The number of furan rings is 1. The SMILES string of the molecule is CSCCCCNC(=O)c1ccc(C(=O)O)o1. The Hall–Kier alpha value is -1.43. The molecule has 94 valence electrons. The van der Waals surface area contributed by atoms with Gasteiger partial charge in [-0.3, -0.25) is 4.79 Å². The van der Waals surface area contributed by atoms with Crippen LogP contribution in [0.1, 0.15) is 34.0 Å². The maximum Gasteiger partial charge on any atom is 0.371 e. The van der Waals surface area contributed by atoms with Gasteiger partial charge in [0.25, 0.3) is 5.91 Å². The van der Waals surface area contributed by atoms with E-state index in [9.17, 15) is 9.59 Å². The van der Waals surface area contributed by atoms with Gasteiger partial charge in [0.2, 0.25) is 5.76 Å². The highest BCUT2D eigenvalue weighted by molar-refractivity contribution is 7.98. The normalized spacial score (nSPS) is 10.2. The van der Waals surface area contributed by atoms with Gasteiger partial charge in [0, 0.05) is 6.54 Å². The Bertz CT molecular complexity index is 389. The number of aromatic carboxylic acids is 1. The number of carboxylic acids is 1. The number of nitrogens with one attached hydrogen (secondary N) is 1. The van der Waals surface area contributed by atoms with Crippen LogP contribution in [0.25, 0.3) is 0 Å². The van der Waals surface area contributed by atoms with Gasteiger partial charge in [-0.2, -0.15) is 11.8 Å². The van der Waals surface area contributed by atoms with E-state index in [4.69, 9.17) is 9.52 Å². The minimum absolute atomic E-state index is 0.0345. The van der Waals surface area contributed by atoms with E-state index in [1.54, 1.807) is 11.8 Å². The fourth-order valence-electron chi connectivity index (χ4n) is 1.24. The van der Waals surface area contributed by atoms with E-state index in [0.717, 1.165) is 18.6 Å². The van der Waals surface area contributed by atoms with Crippen LogP contribution in [-0.2, 0) is 0 Å². The predicted octanol–water partition coefficient (Wildman–Crippen LogP) is 1.85. The van der Waals surface area contributed by atoms with Crippen LogP contribution in [-0.4, -0.2) is 35.5 Å². The summed E-state index contributed by atoms with van der Waals surface area (Å²) < 4.78 is 4.87. The smallest absolute Gasteiger partial charge is 0.371 e. The highest BCUT2D eigenvalue weighted by Crippen LogP contribution is 2.07. The van der Waals surface area contributed by atoms with Crippen LogP contribution >= 0.6 is 11.8 Å². The molecule has 1 heterocycles. The number of carboxylic acid groups (broad SMARTS) is 1. The molecule has 0 bridgehead atoms. The van der Waals surface area contributed by atoms with E-state index in [0.29, 0.717) is 6.54 Å². The Labute approximate surface area is 104 Å². The van der Waals surface area contributed by atoms with Gasteiger partial charge < -0.3 is 14.8 Å². The van der Waals surface area contributed by atoms with E-state index in [1.807, 2.05) is 6.26 Å². The number of carbonyl (C=O) groups is 2. The lowest BCUT2D eigenvalue weighted by Gasteiger charge is -2.02. The number of carbonyl (C=O) groups excluding carboxylic acids is 1. The van der Waals surface area contributed by atoms with Crippen LogP contribution in [0.15, 0.2) is 16.5 Å². The fraction of sp³-hybridized carbons (Fsp3) is 0.455. The molecule has 1 aromatic rings. The Kier molecular flexibility index (Phi) is 5.62. The molecular weight excluding hydrogens is 242 g/mol. The Morgan fingerprint density at radius 2 is 2.06 bits per heavy atom. The van der Waals surface area contributed by atoms with Gasteiger partial charge in [0.15, 0.2) is 5.76 Å². The summed E-state index contributed by atoms with van der Waals surface area (Å²) in [6, 6.07) is 2.63. The van der Waals surface area contributed by atoms with Crippen molar-refractivity contribution in [1.82, 2.24) is 5.32 Å². The third-order valence-electron chi connectivity index (χ3n) is 2.10. The molecule has 0 atom stereocenters. The van der Waals surface area contributed by atoms with Gasteiger partial charge >= 0.3 is 5.97 Å². The summed E-state index contributed by atoms with van der Waals surface area (Å²) in [5, 5.41) is 11.3. The molecule has 0 unspecified atom stereocenters. The highest BCUT2D eigenvalue weighted by atomic mass is 32.2. The van der Waals surface area contributed by atoms with Crippen molar-refractivity contribution in [3.63, 3.8) is 0 Å². The molecule has 6 heteroatoms. The van der Waals surface area contributed by atoms with Gasteiger partial charge in [-0.15, -0.1) is 0 Å². The predicted molar refractivity (Wildman–Crippen MR) is 65.6 cm³/mol. The topological polar surface area (TPSA) is 79.5 Å². The van der Waals surface area contributed by atoms with Crippen molar-refractivity contribution in [1.29, 1.82) is 0 Å². The number of amides is 1. The molecule has 0 aromatic carbocycles. The van der Waals surface area contributed by atoms with E-state index < -0.39 is 5.97 Å². The van der Waals surface area contributed by atoms with Crippen LogP contribution in [0.3, 0.4) is 0 Å². The first-order valence-corrected chi connectivity index (χ1v) is 6.65. The molecule has 1 amide bonds. The second kappa shape index (κ2) is 7.01. The zero-order chi connectivity index (χ0) is 12.7. The highest BCUT2D eigenvalue weighted by Gasteiger charge is 2.13. The van der Waals surface area contributed by atoms with Crippen molar-refractivity contribution in [2.45, 2.75) is 12.8 Å². The number of unbranched alkanes of at least 4 members (excludes halogenated alkanes) is 1. The Morgan fingerprint density at radius 1 is 1.35 bits per heavy atom. The molecule has 0 aliphatic heterocycles. The van der Waals surface area contributed by atoms with E-state index in [2.05, 4.69) is 5.32 Å². The molecule has 5 nitrogen and oxygen atoms in total. The minimum Gasteiger partial charge on any atom is -0.475 e. The molecule has 0 aliphatic rings. The van der Waals surface area contributed by atoms with Crippen molar-refractivity contribution < 1.29 is 19.1 Å². The third kappa shape index (κ3) is 4.52. The lowest BCUT2D eigenvalue weighted by atomic mass is 10.3. The molecule has 0 radical (unpaired) electrons. The molecule has 1 rings (SSSR count). The monoisotopic (exact) mass is 257 g/mol. The summed E-state index contributed by atoms with van der Waals surface area (Å²) >= 11 is 1.77. The molecule has 0 aliphatic carbocycles. The lowest BCUT2D eigenvalue weighted by Crippen LogP contribution is -2.24. The molecule has 1 aromatic heterocycles. The summed E-state index contributed by atoms with van der Waals surface area (Å²) in [5.41, 5.74) is 0. The molecule has 0 saturated heterocycles. The van der Waals surface area contributed by atoms with Crippen LogP contribution in [0.2, 0.25) is 0 Å². The average Bonchev–Trinajstić information content (AvgIpc) is 2.78. The molecule has 0 saturated carbocycles. The summed E-state index contributed by atoms with van der Waals surface area (Å²) in [5.74, 6) is -0.671. The lowest BCUT2D eigenvalue weighted by molar-refractivity contribution is 0.0659. The largest absolute Gasteiger partial charge is 0.475 e. The van der Waals surface area contributed by atoms with Crippen molar-refractivity contribution >= 4 is 23.6 Å². The van der Waals surface area contributed by atoms with Gasteiger partial charge in [-0.1, -0.05) is 0 Å². The van der Waals surface area contributed by atoms with E-state index in [1.165, 1.54) is 12.1 Å². The molecule has 0 fully saturated rings. The average molecular weight is 257 g/mol. The summed E-state index contributed by atoms with van der Waals surface area (Å²) in [4.78, 5) is 22.1. The van der Waals surface area contributed by atoms with Crippen molar-refractivity contribution in [3.8, 4) is 0 Å². The number of thioether (sulfide) groups is 1. The Morgan fingerprint density at radius 3 is 2.65 bits per heavy atom. The Balaban J connectivity index is 2.34. The fourth-order valence-corrected chi connectivity index (χ4v) is 1.73. The number of rotatable bonds is 7. The summed E-state index contributed by atoms with van der Waals surface area (Å²) in [6.45, 7) is 0.572. The van der Waals surface area contributed by atoms with Gasteiger partial charge in [0.05, 0.1) is 0 Å². The minimum atomic E-state index is -1.18. The standard InChI is InChI=1S/C11H15NO4S/c1-17-7-3-2-6-12-10(13)8-4-5-9(16-8)11(14)15/h4-5H,2-3,6-7H2,1H3,(H,12,13)(H,14,15). The van der Waals surface area contributed by atoms with Gasteiger partial charge in [-0.05, 0) is 37.0 Å². The summed E-state index contributed by atoms with van der Waals surface area (Å²) in [6.07, 6.45) is 3.98. The van der Waals surface area contributed by atoms with Crippen LogP contribution < -0.4 is 5.32 Å². The first kappa shape index (κ1) is 13.6. The van der Waals surface area contributed by atoms with E-state index in [-0.39, 0.29) is 17.4 Å². The number of hydrogen-bond acceptors (Lipinski definition) is 4. The van der Waals surface area contributed by atoms with Gasteiger partial charge in [0.1, 0.15) is 0 Å². The molecule has 2 N–H and O–H groups in total.